The Hall–Kier alpha value is -0.940. The van der Waals surface area contributed by atoms with Crippen LogP contribution in [0.1, 0.15) is 24.4 Å². The number of rotatable bonds is 10. The van der Waals surface area contributed by atoms with E-state index in [0.717, 1.165) is 84.6 Å². The zero-order valence-corrected chi connectivity index (χ0v) is 20.4. The van der Waals surface area contributed by atoms with Crippen molar-refractivity contribution in [3.8, 4) is 0 Å². The molecule has 0 radical (unpaired) electrons. The highest BCUT2D eigenvalue weighted by molar-refractivity contribution is 14.0. The Balaban J connectivity index is 0.00000320. The molecule has 170 valence electrons. The van der Waals surface area contributed by atoms with Crippen molar-refractivity contribution in [2.45, 2.75) is 18.9 Å². The minimum absolute atomic E-state index is 0. The molecule has 2 aliphatic rings. The van der Waals surface area contributed by atoms with Gasteiger partial charge in [0.25, 0.3) is 0 Å². The minimum atomic E-state index is 0. The van der Waals surface area contributed by atoms with Gasteiger partial charge in [-0.3, -0.25) is 9.89 Å². The maximum Gasteiger partial charge on any atom is 0.191 e. The predicted octanol–water partition coefficient (Wildman–Crippen LogP) is 2.29. The van der Waals surface area contributed by atoms with Crippen LogP contribution in [0.15, 0.2) is 35.3 Å². The summed E-state index contributed by atoms with van der Waals surface area (Å²) in [6.07, 6.45) is 2.08. The van der Waals surface area contributed by atoms with Gasteiger partial charge in [0.05, 0.1) is 32.5 Å². The number of guanidine groups is 1. The fourth-order valence-electron chi connectivity index (χ4n) is 3.78. The zero-order chi connectivity index (χ0) is 20.2. The van der Waals surface area contributed by atoms with E-state index >= 15 is 0 Å². The molecule has 1 aromatic rings. The summed E-state index contributed by atoms with van der Waals surface area (Å²) in [5, 5.41) is 6.90. The highest BCUT2D eigenvalue weighted by atomic mass is 127. The molecule has 0 bridgehead atoms. The standard InChI is InChI=1S/C22H36N4O3.HI/c1-23-22(24-9-5-12-28-17-19-8-13-29-18-19)25-16-21(20-6-3-2-4-7-20)26-10-14-27-15-11-26;/h2-4,6-7,19,21H,5,8-18H2,1H3,(H2,23,24,25);1H. The minimum Gasteiger partial charge on any atom is -0.381 e. The largest absolute Gasteiger partial charge is 0.381 e. The molecule has 0 spiro atoms. The predicted molar refractivity (Wildman–Crippen MR) is 131 cm³/mol. The van der Waals surface area contributed by atoms with Crippen molar-refractivity contribution < 1.29 is 14.2 Å². The van der Waals surface area contributed by atoms with Gasteiger partial charge in [-0.05, 0) is 18.4 Å². The molecule has 2 heterocycles. The molecular weight excluding hydrogens is 495 g/mol. The maximum absolute atomic E-state index is 5.77. The Kier molecular flexibility index (Phi) is 12.6. The van der Waals surface area contributed by atoms with Crippen molar-refractivity contribution in [3.63, 3.8) is 0 Å². The van der Waals surface area contributed by atoms with Gasteiger partial charge in [0.2, 0.25) is 0 Å². The van der Waals surface area contributed by atoms with E-state index in [1.54, 1.807) is 0 Å². The first-order valence-corrected chi connectivity index (χ1v) is 10.8. The Morgan fingerprint density at radius 2 is 1.97 bits per heavy atom. The lowest BCUT2D eigenvalue weighted by Gasteiger charge is -2.35. The molecule has 0 aliphatic carbocycles. The van der Waals surface area contributed by atoms with E-state index in [1.165, 1.54) is 5.56 Å². The van der Waals surface area contributed by atoms with E-state index in [9.17, 15) is 0 Å². The second-order valence-electron chi connectivity index (χ2n) is 7.61. The number of halogens is 1. The van der Waals surface area contributed by atoms with Crippen LogP contribution < -0.4 is 10.6 Å². The molecule has 3 rings (SSSR count). The van der Waals surface area contributed by atoms with E-state index in [2.05, 4.69) is 50.9 Å². The van der Waals surface area contributed by atoms with E-state index in [1.807, 2.05) is 7.05 Å². The molecule has 2 N–H and O–H groups in total. The first-order valence-electron chi connectivity index (χ1n) is 10.8. The van der Waals surface area contributed by atoms with Gasteiger partial charge in [-0.15, -0.1) is 24.0 Å². The van der Waals surface area contributed by atoms with Crippen LogP contribution in [0.5, 0.6) is 0 Å². The van der Waals surface area contributed by atoms with Gasteiger partial charge < -0.3 is 24.8 Å². The molecule has 0 aromatic heterocycles. The fraction of sp³-hybridized carbons (Fsp3) is 0.682. The quantitative estimate of drug-likeness (QED) is 0.209. The third-order valence-electron chi connectivity index (χ3n) is 5.49. The maximum atomic E-state index is 5.77. The van der Waals surface area contributed by atoms with Gasteiger partial charge in [-0.25, -0.2) is 0 Å². The summed E-state index contributed by atoms with van der Waals surface area (Å²) in [5.41, 5.74) is 1.32. The Morgan fingerprint density at radius 1 is 1.17 bits per heavy atom. The first kappa shape index (κ1) is 25.3. The summed E-state index contributed by atoms with van der Waals surface area (Å²) in [6, 6.07) is 11.0. The van der Waals surface area contributed by atoms with E-state index in [4.69, 9.17) is 14.2 Å². The van der Waals surface area contributed by atoms with E-state index in [-0.39, 0.29) is 24.0 Å². The molecule has 7 nitrogen and oxygen atoms in total. The summed E-state index contributed by atoms with van der Waals surface area (Å²) in [4.78, 5) is 6.86. The SMILES string of the molecule is CN=C(NCCCOCC1CCOC1)NCC(c1ccccc1)N1CCOCC1.I. The molecule has 2 unspecified atom stereocenters. The number of morpholine rings is 1. The first-order chi connectivity index (χ1) is 14.4. The highest BCUT2D eigenvalue weighted by Gasteiger charge is 2.22. The van der Waals surface area contributed by atoms with Crippen molar-refractivity contribution in [2.75, 3.05) is 72.9 Å². The molecule has 8 heteroatoms. The number of hydrogen-bond donors (Lipinski definition) is 2. The van der Waals surface area contributed by atoms with Gasteiger partial charge >= 0.3 is 0 Å². The lowest BCUT2D eigenvalue weighted by Crippen LogP contribution is -2.46. The summed E-state index contributed by atoms with van der Waals surface area (Å²) >= 11 is 0. The molecule has 0 saturated carbocycles. The van der Waals surface area contributed by atoms with Crippen LogP contribution in [0, 0.1) is 5.92 Å². The van der Waals surface area contributed by atoms with Crippen molar-refractivity contribution in [1.82, 2.24) is 15.5 Å². The lowest BCUT2D eigenvalue weighted by molar-refractivity contribution is 0.0170. The van der Waals surface area contributed by atoms with Gasteiger partial charge in [0, 0.05) is 52.4 Å². The summed E-state index contributed by atoms with van der Waals surface area (Å²) < 4.78 is 16.7. The molecule has 2 aliphatic heterocycles. The Morgan fingerprint density at radius 3 is 2.67 bits per heavy atom. The Labute approximate surface area is 197 Å². The van der Waals surface area contributed by atoms with Gasteiger partial charge in [-0.2, -0.15) is 0 Å². The van der Waals surface area contributed by atoms with Crippen molar-refractivity contribution >= 4 is 29.9 Å². The van der Waals surface area contributed by atoms with Gasteiger partial charge in [0.1, 0.15) is 0 Å². The van der Waals surface area contributed by atoms with Crippen LogP contribution in [0.3, 0.4) is 0 Å². The number of nitrogens with zero attached hydrogens (tertiary/aromatic N) is 2. The molecular formula is C22H37IN4O3. The summed E-state index contributed by atoms with van der Waals surface area (Å²) in [5.74, 6) is 1.41. The van der Waals surface area contributed by atoms with Crippen LogP contribution in [0.25, 0.3) is 0 Å². The number of benzene rings is 1. The monoisotopic (exact) mass is 532 g/mol. The second-order valence-corrected chi connectivity index (χ2v) is 7.61. The fourth-order valence-corrected chi connectivity index (χ4v) is 3.78. The smallest absolute Gasteiger partial charge is 0.191 e. The molecule has 2 saturated heterocycles. The normalized spacial score (nSPS) is 21.1. The van der Waals surface area contributed by atoms with Gasteiger partial charge in [0.15, 0.2) is 5.96 Å². The van der Waals surface area contributed by atoms with Crippen molar-refractivity contribution in [3.05, 3.63) is 35.9 Å². The third-order valence-corrected chi connectivity index (χ3v) is 5.49. The van der Waals surface area contributed by atoms with Crippen LogP contribution in [0.2, 0.25) is 0 Å². The van der Waals surface area contributed by atoms with E-state index in [0.29, 0.717) is 12.0 Å². The lowest BCUT2D eigenvalue weighted by atomic mass is 10.0. The summed E-state index contributed by atoms with van der Waals surface area (Å²) in [7, 11) is 1.82. The van der Waals surface area contributed by atoms with E-state index < -0.39 is 0 Å². The number of nitrogens with one attached hydrogen (secondary N) is 2. The summed E-state index contributed by atoms with van der Waals surface area (Å²) in [6.45, 7) is 8.45. The third kappa shape index (κ3) is 8.66. The average Bonchev–Trinajstić information content (AvgIpc) is 3.30. The number of ether oxygens (including phenoxy) is 3. The second kappa shape index (κ2) is 15.0. The number of hydrogen-bond acceptors (Lipinski definition) is 5. The zero-order valence-electron chi connectivity index (χ0n) is 18.1. The van der Waals surface area contributed by atoms with Gasteiger partial charge in [-0.1, -0.05) is 30.3 Å². The topological polar surface area (TPSA) is 67.4 Å². The molecule has 0 amide bonds. The van der Waals surface area contributed by atoms with Crippen molar-refractivity contribution in [1.29, 1.82) is 0 Å². The van der Waals surface area contributed by atoms with Crippen molar-refractivity contribution in [2.24, 2.45) is 10.9 Å². The van der Waals surface area contributed by atoms with Crippen LogP contribution in [-0.2, 0) is 14.2 Å². The molecule has 2 atom stereocenters. The average molecular weight is 532 g/mol. The Bertz CT molecular complexity index is 593. The molecule has 30 heavy (non-hydrogen) atoms. The highest BCUT2D eigenvalue weighted by Crippen LogP contribution is 2.21. The number of aliphatic imine (C=N–C) groups is 1. The molecule has 2 fully saturated rings. The van der Waals surface area contributed by atoms with Crippen LogP contribution in [0.4, 0.5) is 0 Å². The van der Waals surface area contributed by atoms with Crippen LogP contribution in [-0.4, -0.2) is 83.7 Å². The van der Waals surface area contributed by atoms with Crippen LogP contribution >= 0.6 is 24.0 Å². The molecule has 1 aromatic carbocycles.